The molecule has 1 atom stereocenters. The SMILES string of the molecule is Cc1ccc(N2C(=O)C(=O)/C(=C(/O)c3ccc4ccccc4c3)C2c2ccccc2C)cc1. The third-order valence-corrected chi connectivity index (χ3v) is 6.26. The molecular weight excluding hydrogens is 410 g/mol. The highest BCUT2D eigenvalue weighted by molar-refractivity contribution is 6.51. The van der Waals surface area contributed by atoms with Gasteiger partial charge in [-0.3, -0.25) is 14.5 Å². The molecule has 4 aromatic carbocycles. The van der Waals surface area contributed by atoms with Gasteiger partial charge in [0.25, 0.3) is 11.7 Å². The Morgan fingerprint density at radius 2 is 1.45 bits per heavy atom. The molecule has 5 rings (SSSR count). The lowest BCUT2D eigenvalue weighted by atomic mass is 9.92. The van der Waals surface area contributed by atoms with Gasteiger partial charge in [0.05, 0.1) is 11.6 Å². The van der Waals surface area contributed by atoms with Crippen LogP contribution < -0.4 is 4.90 Å². The molecule has 1 aliphatic rings. The highest BCUT2D eigenvalue weighted by Crippen LogP contribution is 2.43. The van der Waals surface area contributed by atoms with Crippen molar-refractivity contribution in [3.05, 3.63) is 119 Å². The van der Waals surface area contributed by atoms with Crippen LogP contribution in [0.2, 0.25) is 0 Å². The molecule has 4 heteroatoms. The van der Waals surface area contributed by atoms with Crippen molar-refractivity contribution in [3.63, 3.8) is 0 Å². The first kappa shape index (κ1) is 20.7. The lowest BCUT2D eigenvalue weighted by Gasteiger charge is -2.26. The lowest BCUT2D eigenvalue weighted by Crippen LogP contribution is -2.29. The Morgan fingerprint density at radius 1 is 0.788 bits per heavy atom. The van der Waals surface area contributed by atoms with Gasteiger partial charge >= 0.3 is 0 Å². The van der Waals surface area contributed by atoms with Gasteiger partial charge in [0.1, 0.15) is 5.76 Å². The number of aliphatic hydroxyl groups is 1. The molecule has 4 aromatic rings. The Morgan fingerprint density at radius 3 is 2.18 bits per heavy atom. The molecule has 1 fully saturated rings. The summed E-state index contributed by atoms with van der Waals surface area (Å²) >= 11 is 0. The summed E-state index contributed by atoms with van der Waals surface area (Å²) in [5, 5.41) is 13.4. The highest BCUT2D eigenvalue weighted by Gasteiger charge is 2.47. The van der Waals surface area contributed by atoms with Crippen LogP contribution in [0.15, 0.2) is 96.6 Å². The number of rotatable bonds is 3. The molecule has 0 saturated carbocycles. The molecule has 33 heavy (non-hydrogen) atoms. The fourth-order valence-corrected chi connectivity index (χ4v) is 4.48. The van der Waals surface area contributed by atoms with Gasteiger partial charge in [-0.25, -0.2) is 0 Å². The standard InChI is InChI=1S/C29H23NO3/c1-18-11-15-23(16-12-18)30-26(24-10-6-3-7-19(24)2)25(28(32)29(30)33)27(31)22-14-13-20-8-4-5-9-21(20)17-22/h3-17,26,31H,1-2H3/b27-25+. The van der Waals surface area contributed by atoms with Crippen LogP contribution >= 0.6 is 0 Å². The third-order valence-electron chi connectivity index (χ3n) is 6.26. The topological polar surface area (TPSA) is 57.6 Å². The number of ketones is 1. The van der Waals surface area contributed by atoms with Crippen molar-refractivity contribution in [2.75, 3.05) is 4.90 Å². The average molecular weight is 434 g/mol. The quantitative estimate of drug-likeness (QED) is 0.242. The van der Waals surface area contributed by atoms with Crippen molar-refractivity contribution in [3.8, 4) is 0 Å². The van der Waals surface area contributed by atoms with E-state index in [4.69, 9.17) is 0 Å². The first-order chi connectivity index (χ1) is 16.0. The minimum atomic E-state index is -0.722. The van der Waals surface area contributed by atoms with Crippen molar-refractivity contribution in [2.45, 2.75) is 19.9 Å². The molecule has 1 saturated heterocycles. The smallest absolute Gasteiger partial charge is 0.300 e. The number of benzene rings is 4. The van der Waals surface area contributed by atoms with E-state index in [-0.39, 0.29) is 11.3 Å². The molecule has 1 unspecified atom stereocenters. The summed E-state index contributed by atoms with van der Waals surface area (Å²) < 4.78 is 0. The summed E-state index contributed by atoms with van der Waals surface area (Å²) in [4.78, 5) is 28.1. The molecule has 0 bridgehead atoms. The van der Waals surface area contributed by atoms with Gasteiger partial charge in [-0.15, -0.1) is 0 Å². The van der Waals surface area contributed by atoms with Gasteiger partial charge in [0, 0.05) is 11.3 Å². The maximum absolute atomic E-state index is 13.3. The fourth-order valence-electron chi connectivity index (χ4n) is 4.48. The number of aryl methyl sites for hydroxylation is 2. The van der Waals surface area contributed by atoms with E-state index < -0.39 is 17.7 Å². The van der Waals surface area contributed by atoms with Crippen molar-refractivity contribution in [2.24, 2.45) is 0 Å². The summed E-state index contributed by atoms with van der Waals surface area (Å²) in [6.45, 7) is 3.91. The lowest BCUT2D eigenvalue weighted by molar-refractivity contribution is -0.132. The third kappa shape index (κ3) is 3.50. The zero-order chi connectivity index (χ0) is 23.1. The van der Waals surface area contributed by atoms with Crippen LogP contribution in [0.5, 0.6) is 0 Å². The minimum Gasteiger partial charge on any atom is -0.507 e. The first-order valence-corrected chi connectivity index (χ1v) is 10.9. The van der Waals surface area contributed by atoms with Crippen LogP contribution in [0.25, 0.3) is 16.5 Å². The molecule has 4 nitrogen and oxygen atoms in total. The maximum atomic E-state index is 13.3. The number of carbonyl (C=O) groups excluding carboxylic acids is 2. The van der Waals surface area contributed by atoms with Crippen molar-refractivity contribution < 1.29 is 14.7 Å². The van der Waals surface area contributed by atoms with E-state index in [0.29, 0.717) is 11.3 Å². The molecule has 1 N–H and O–H groups in total. The van der Waals surface area contributed by atoms with Crippen molar-refractivity contribution >= 4 is 33.9 Å². The van der Waals surface area contributed by atoms with Crippen LogP contribution in [-0.4, -0.2) is 16.8 Å². The summed E-state index contributed by atoms with van der Waals surface area (Å²) in [5.41, 5.74) is 4.03. The van der Waals surface area contributed by atoms with E-state index in [1.165, 1.54) is 4.90 Å². The van der Waals surface area contributed by atoms with Crippen molar-refractivity contribution in [1.82, 2.24) is 0 Å². The monoisotopic (exact) mass is 433 g/mol. The van der Waals surface area contributed by atoms with E-state index in [1.54, 1.807) is 6.07 Å². The second kappa shape index (κ2) is 8.06. The second-order valence-electron chi connectivity index (χ2n) is 8.42. The van der Waals surface area contributed by atoms with Crippen LogP contribution in [0.1, 0.15) is 28.3 Å². The number of hydrogen-bond donors (Lipinski definition) is 1. The zero-order valence-corrected chi connectivity index (χ0v) is 18.4. The Kier molecular flexibility index (Phi) is 5.06. The normalized spacial score (nSPS) is 17.6. The fraction of sp³-hybridized carbons (Fsp3) is 0.103. The predicted molar refractivity (Wildman–Crippen MR) is 131 cm³/mol. The summed E-state index contributed by atoms with van der Waals surface area (Å²) in [7, 11) is 0. The molecule has 0 aliphatic carbocycles. The molecule has 0 radical (unpaired) electrons. The van der Waals surface area contributed by atoms with Gasteiger partial charge in [-0.1, -0.05) is 78.4 Å². The van der Waals surface area contributed by atoms with Gasteiger partial charge < -0.3 is 5.11 Å². The molecule has 1 amide bonds. The number of carbonyl (C=O) groups is 2. The number of amides is 1. The van der Waals surface area contributed by atoms with Crippen LogP contribution in [0.4, 0.5) is 5.69 Å². The van der Waals surface area contributed by atoms with Gasteiger partial charge in [-0.05, 0) is 53.9 Å². The number of Topliss-reactive ketones (excluding diaryl/α,β-unsaturated/α-hetero) is 1. The number of nitrogens with zero attached hydrogens (tertiary/aromatic N) is 1. The van der Waals surface area contributed by atoms with Gasteiger partial charge in [0.15, 0.2) is 0 Å². The Hall–Kier alpha value is -4.18. The van der Waals surface area contributed by atoms with Crippen molar-refractivity contribution in [1.29, 1.82) is 0 Å². The Balaban J connectivity index is 1.74. The Labute approximate surface area is 192 Å². The average Bonchev–Trinajstić information content (AvgIpc) is 3.09. The Bertz CT molecular complexity index is 1430. The molecule has 0 aromatic heterocycles. The second-order valence-corrected chi connectivity index (χ2v) is 8.42. The van der Waals surface area contributed by atoms with Crippen LogP contribution in [0.3, 0.4) is 0 Å². The van der Waals surface area contributed by atoms with E-state index in [1.807, 2.05) is 98.8 Å². The molecule has 1 aliphatic heterocycles. The zero-order valence-electron chi connectivity index (χ0n) is 18.4. The summed E-state index contributed by atoms with van der Waals surface area (Å²) in [5.74, 6) is -1.49. The van der Waals surface area contributed by atoms with E-state index in [2.05, 4.69) is 0 Å². The van der Waals surface area contributed by atoms with Crippen LogP contribution in [0, 0.1) is 13.8 Å². The number of hydrogen-bond acceptors (Lipinski definition) is 3. The number of aliphatic hydroxyl groups excluding tert-OH is 1. The predicted octanol–water partition coefficient (Wildman–Crippen LogP) is 6.08. The molecule has 162 valence electrons. The van der Waals surface area contributed by atoms with Crippen LogP contribution in [-0.2, 0) is 9.59 Å². The van der Waals surface area contributed by atoms with Gasteiger partial charge in [-0.2, -0.15) is 0 Å². The van der Waals surface area contributed by atoms with Gasteiger partial charge in [0.2, 0.25) is 0 Å². The first-order valence-electron chi connectivity index (χ1n) is 10.9. The number of anilines is 1. The minimum absolute atomic E-state index is 0.102. The molecule has 0 spiro atoms. The summed E-state index contributed by atoms with van der Waals surface area (Å²) in [6, 6.07) is 27.8. The van der Waals surface area contributed by atoms with E-state index in [9.17, 15) is 14.7 Å². The molecular formula is C29H23NO3. The molecule has 1 heterocycles. The summed E-state index contributed by atoms with van der Waals surface area (Å²) in [6.07, 6.45) is 0. The number of fused-ring (bicyclic) bond motifs is 1. The highest BCUT2D eigenvalue weighted by atomic mass is 16.3. The largest absolute Gasteiger partial charge is 0.507 e. The van der Waals surface area contributed by atoms with E-state index in [0.717, 1.165) is 27.5 Å². The van der Waals surface area contributed by atoms with E-state index >= 15 is 0 Å². The maximum Gasteiger partial charge on any atom is 0.300 e.